The minimum Gasteiger partial charge on any atom is -0.345 e. The van der Waals surface area contributed by atoms with Gasteiger partial charge in [-0.1, -0.05) is 6.58 Å². The Morgan fingerprint density at radius 2 is 2.19 bits per heavy atom. The number of anilines is 1. The molecule has 0 atom stereocenters. The van der Waals surface area contributed by atoms with E-state index in [0.717, 1.165) is 37.0 Å². The maximum absolute atomic E-state index is 11.4. The van der Waals surface area contributed by atoms with Gasteiger partial charge in [-0.15, -0.1) is 11.3 Å². The Kier molecular flexibility index (Phi) is 3.24. The summed E-state index contributed by atoms with van der Waals surface area (Å²) < 4.78 is 0. The van der Waals surface area contributed by atoms with Crippen LogP contribution >= 0.6 is 11.3 Å². The second kappa shape index (κ2) is 4.65. The molecule has 0 unspecified atom stereocenters. The first-order chi connectivity index (χ1) is 7.70. The first kappa shape index (κ1) is 11.1. The highest BCUT2D eigenvalue weighted by atomic mass is 32.1. The summed E-state index contributed by atoms with van der Waals surface area (Å²) >= 11 is 1.66. The van der Waals surface area contributed by atoms with Crippen LogP contribution in [0.4, 0.5) is 5.13 Å². The molecule has 1 saturated heterocycles. The van der Waals surface area contributed by atoms with Crippen molar-refractivity contribution < 1.29 is 4.79 Å². The van der Waals surface area contributed by atoms with Crippen LogP contribution in [0.3, 0.4) is 0 Å². The molecule has 2 heterocycles. The smallest absolute Gasteiger partial charge is 0.246 e. The van der Waals surface area contributed by atoms with Crippen LogP contribution in [0.25, 0.3) is 0 Å². The fraction of sp³-hybridized carbons (Fsp3) is 0.455. The molecule has 0 aromatic carbocycles. The molecule has 0 N–H and O–H groups in total. The second-order valence-corrected chi connectivity index (χ2v) is 4.62. The summed E-state index contributed by atoms with van der Waals surface area (Å²) in [4.78, 5) is 19.9. The summed E-state index contributed by atoms with van der Waals surface area (Å²) in [6.45, 7) is 8.71. The Balaban J connectivity index is 1.95. The predicted octanol–water partition coefficient (Wildman–Crippen LogP) is 1.29. The molecule has 86 valence electrons. The molecular formula is C11H15N3OS. The molecular weight excluding hydrogens is 222 g/mol. The minimum absolute atomic E-state index is 0.0231. The first-order valence-corrected chi connectivity index (χ1v) is 6.17. The van der Waals surface area contributed by atoms with Crippen LogP contribution in [-0.4, -0.2) is 42.0 Å². The summed E-state index contributed by atoms with van der Waals surface area (Å²) in [6.07, 6.45) is 1.38. The van der Waals surface area contributed by atoms with E-state index in [0.29, 0.717) is 0 Å². The van der Waals surface area contributed by atoms with Crippen molar-refractivity contribution in [2.45, 2.75) is 6.92 Å². The number of aromatic nitrogens is 1. The lowest BCUT2D eigenvalue weighted by atomic mass is 10.3. The Morgan fingerprint density at radius 1 is 1.50 bits per heavy atom. The van der Waals surface area contributed by atoms with Crippen molar-refractivity contribution in [2.75, 3.05) is 31.1 Å². The van der Waals surface area contributed by atoms with Gasteiger partial charge < -0.3 is 9.80 Å². The van der Waals surface area contributed by atoms with E-state index in [4.69, 9.17) is 0 Å². The fourth-order valence-electron chi connectivity index (χ4n) is 1.73. The van der Waals surface area contributed by atoms with Crippen molar-refractivity contribution in [2.24, 2.45) is 0 Å². The van der Waals surface area contributed by atoms with Gasteiger partial charge in [-0.05, 0) is 13.0 Å². The third-order valence-corrected chi connectivity index (χ3v) is 3.66. The van der Waals surface area contributed by atoms with Gasteiger partial charge in [0.05, 0.1) is 5.69 Å². The number of thiazole rings is 1. The van der Waals surface area contributed by atoms with Gasteiger partial charge in [0.2, 0.25) is 5.91 Å². The molecule has 0 bridgehead atoms. The van der Waals surface area contributed by atoms with E-state index in [9.17, 15) is 4.79 Å². The number of carbonyl (C=O) groups is 1. The van der Waals surface area contributed by atoms with Crippen LogP contribution in [-0.2, 0) is 4.79 Å². The van der Waals surface area contributed by atoms with Gasteiger partial charge in [0, 0.05) is 31.6 Å². The van der Waals surface area contributed by atoms with E-state index >= 15 is 0 Å². The zero-order valence-corrected chi connectivity index (χ0v) is 10.2. The van der Waals surface area contributed by atoms with Gasteiger partial charge in [-0.25, -0.2) is 4.98 Å². The topological polar surface area (TPSA) is 36.4 Å². The molecule has 1 aliphatic heterocycles. The fourth-order valence-corrected chi connectivity index (χ4v) is 2.59. The number of hydrogen-bond donors (Lipinski definition) is 0. The van der Waals surface area contributed by atoms with Crippen molar-refractivity contribution in [1.82, 2.24) is 9.88 Å². The molecule has 0 aliphatic carbocycles. The summed E-state index contributed by atoms with van der Waals surface area (Å²) in [5.41, 5.74) is 1.06. The van der Waals surface area contributed by atoms with Crippen LogP contribution in [0.2, 0.25) is 0 Å². The third-order valence-electron chi connectivity index (χ3n) is 2.64. The monoisotopic (exact) mass is 237 g/mol. The van der Waals surface area contributed by atoms with Crippen molar-refractivity contribution in [3.63, 3.8) is 0 Å². The third kappa shape index (κ3) is 2.24. The van der Waals surface area contributed by atoms with Gasteiger partial charge in [-0.3, -0.25) is 4.79 Å². The number of nitrogens with zero attached hydrogens (tertiary/aromatic N) is 3. The standard InChI is InChI=1S/C11H15N3OS/c1-3-10(15)13-4-6-14(7-5-13)11-12-9(2)8-16-11/h3,8H,1,4-7H2,2H3. The molecule has 5 heteroatoms. The molecule has 1 amide bonds. The van der Waals surface area contributed by atoms with Crippen LogP contribution in [0.5, 0.6) is 0 Å². The van der Waals surface area contributed by atoms with E-state index in [1.165, 1.54) is 6.08 Å². The maximum Gasteiger partial charge on any atom is 0.246 e. The number of hydrogen-bond acceptors (Lipinski definition) is 4. The Hall–Kier alpha value is -1.36. The molecule has 0 saturated carbocycles. The molecule has 4 nitrogen and oxygen atoms in total. The SMILES string of the molecule is C=CC(=O)N1CCN(c2nc(C)cs2)CC1. The summed E-state index contributed by atoms with van der Waals surface area (Å²) in [5, 5.41) is 3.11. The van der Waals surface area contributed by atoms with Crippen LogP contribution in [0.15, 0.2) is 18.0 Å². The molecule has 16 heavy (non-hydrogen) atoms. The highest BCUT2D eigenvalue weighted by Crippen LogP contribution is 2.21. The molecule has 1 aromatic heterocycles. The molecule has 0 radical (unpaired) electrons. The average Bonchev–Trinajstić information content (AvgIpc) is 2.75. The quantitative estimate of drug-likeness (QED) is 0.727. The van der Waals surface area contributed by atoms with Gasteiger partial charge in [0.15, 0.2) is 5.13 Å². The number of carbonyl (C=O) groups excluding carboxylic acids is 1. The summed E-state index contributed by atoms with van der Waals surface area (Å²) in [5.74, 6) is 0.0231. The molecule has 1 fully saturated rings. The van der Waals surface area contributed by atoms with Gasteiger partial charge in [0.25, 0.3) is 0 Å². The highest BCUT2D eigenvalue weighted by molar-refractivity contribution is 7.13. The average molecular weight is 237 g/mol. The van der Waals surface area contributed by atoms with Gasteiger partial charge in [-0.2, -0.15) is 0 Å². The van der Waals surface area contributed by atoms with Gasteiger partial charge in [0.1, 0.15) is 0 Å². The lowest BCUT2D eigenvalue weighted by molar-refractivity contribution is -0.126. The van der Waals surface area contributed by atoms with E-state index in [1.54, 1.807) is 11.3 Å². The molecule has 0 spiro atoms. The first-order valence-electron chi connectivity index (χ1n) is 5.29. The van der Waals surface area contributed by atoms with Crippen molar-refractivity contribution in [1.29, 1.82) is 0 Å². The largest absolute Gasteiger partial charge is 0.345 e. The van der Waals surface area contributed by atoms with Crippen molar-refractivity contribution in [3.8, 4) is 0 Å². The highest BCUT2D eigenvalue weighted by Gasteiger charge is 2.20. The van der Waals surface area contributed by atoms with Crippen LogP contribution in [0, 0.1) is 6.92 Å². The molecule has 1 aromatic rings. The van der Waals surface area contributed by atoms with E-state index in [-0.39, 0.29) is 5.91 Å². The summed E-state index contributed by atoms with van der Waals surface area (Å²) in [6, 6.07) is 0. The maximum atomic E-state index is 11.4. The van der Waals surface area contributed by atoms with E-state index < -0.39 is 0 Å². The van der Waals surface area contributed by atoms with Crippen molar-refractivity contribution >= 4 is 22.4 Å². The molecule has 2 rings (SSSR count). The molecule has 1 aliphatic rings. The zero-order chi connectivity index (χ0) is 11.5. The number of aryl methyl sites for hydroxylation is 1. The number of piperazine rings is 1. The number of amides is 1. The van der Waals surface area contributed by atoms with Crippen molar-refractivity contribution in [3.05, 3.63) is 23.7 Å². The normalized spacial score (nSPS) is 16.3. The lowest BCUT2D eigenvalue weighted by Gasteiger charge is -2.33. The van der Waals surface area contributed by atoms with E-state index in [1.807, 2.05) is 11.8 Å². The number of rotatable bonds is 2. The van der Waals surface area contributed by atoms with Crippen LogP contribution < -0.4 is 4.90 Å². The van der Waals surface area contributed by atoms with E-state index in [2.05, 4.69) is 21.8 Å². The zero-order valence-electron chi connectivity index (χ0n) is 9.35. The Labute approximate surface area is 99.2 Å². The minimum atomic E-state index is 0.0231. The van der Waals surface area contributed by atoms with Gasteiger partial charge >= 0.3 is 0 Å². The Morgan fingerprint density at radius 3 is 2.69 bits per heavy atom. The predicted molar refractivity (Wildman–Crippen MR) is 65.8 cm³/mol. The second-order valence-electron chi connectivity index (χ2n) is 3.79. The van der Waals surface area contributed by atoms with Crippen LogP contribution in [0.1, 0.15) is 5.69 Å². The lowest BCUT2D eigenvalue weighted by Crippen LogP contribution is -2.48. The summed E-state index contributed by atoms with van der Waals surface area (Å²) in [7, 11) is 0. The Bertz CT molecular complexity index is 394.